The number of nitrogens with one attached hydrogen (secondary N) is 4. The number of hydrogen-bond donors (Lipinski definition) is 7. The lowest BCUT2D eigenvalue weighted by Gasteiger charge is -2.24. The number of aliphatic carboxylic acids is 1. The first kappa shape index (κ1) is 27.2. The zero-order valence-electron chi connectivity index (χ0n) is 19.5. The molecule has 2 aromatic rings. The largest absolute Gasteiger partial charge is 0.480 e. The standard InChI is InChI=1S/C23H33N5O5S/c1-12(2)8-16(24)20(29)27-18(9-14-10-25-17-7-5-4-6-15(14)17)21(30)28-19(11-34)22(31)26-13(3)23(32)33/h4-7,10,12-13,16,18-19,25,34H,8-9,11,24H2,1-3H3,(H,26,31)(H,27,29)(H,28,30)(H,32,33). The van der Waals surface area contributed by atoms with Gasteiger partial charge in [0.05, 0.1) is 6.04 Å². The topological polar surface area (TPSA) is 166 Å². The number of carboxylic acid groups (broad SMARTS) is 1. The van der Waals surface area contributed by atoms with Crippen LogP contribution in [-0.4, -0.2) is 63.7 Å². The zero-order chi connectivity index (χ0) is 25.4. The fraction of sp³-hybridized carbons (Fsp3) is 0.478. The molecule has 7 N–H and O–H groups in total. The summed E-state index contributed by atoms with van der Waals surface area (Å²) in [5.74, 6) is -2.85. The molecule has 0 radical (unpaired) electrons. The average Bonchev–Trinajstić information content (AvgIpc) is 3.18. The molecule has 2 rings (SSSR count). The molecule has 11 heteroatoms. The van der Waals surface area contributed by atoms with Crippen molar-refractivity contribution in [3.05, 3.63) is 36.0 Å². The van der Waals surface area contributed by atoms with E-state index in [-0.39, 0.29) is 18.1 Å². The van der Waals surface area contributed by atoms with Crippen LogP contribution in [-0.2, 0) is 25.6 Å². The first-order chi connectivity index (χ1) is 16.0. The second-order valence-corrected chi connectivity index (χ2v) is 9.04. The first-order valence-corrected chi connectivity index (χ1v) is 11.7. The number of para-hydroxylation sites is 1. The summed E-state index contributed by atoms with van der Waals surface area (Å²) >= 11 is 4.11. The summed E-state index contributed by atoms with van der Waals surface area (Å²) in [5.41, 5.74) is 7.70. The number of amides is 3. The quantitative estimate of drug-likeness (QED) is 0.214. The highest BCUT2D eigenvalue weighted by molar-refractivity contribution is 7.80. The van der Waals surface area contributed by atoms with Crippen LogP contribution in [0.2, 0.25) is 0 Å². The summed E-state index contributed by atoms with van der Waals surface area (Å²) in [5, 5.41) is 17.5. The number of carbonyl (C=O) groups excluding carboxylic acids is 3. The van der Waals surface area contributed by atoms with Gasteiger partial charge in [-0.05, 0) is 30.9 Å². The van der Waals surface area contributed by atoms with E-state index in [9.17, 15) is 19.2 Å². The van der Waals surface area contributed by atoms with E-state index in [2.05, 4.69) is 33.6 Å². The van der Waals surface area contributed by atoms with Crippen molar-refractivity contribution in [3.63, 3.8) is 0 Å². The molecule has 1 aromatic heterocycles. The minimum absolute atomic E-state index is 0.0650. The smallest absolute Gasteiger partial charge is 0.325 e. The number of hydrogen-bond acceptors (Lipinski definition) is 6. The van der Waals surface area contributed by atoms with E-state index < -0.39 is 47.9 Å². The van der Waals surface area contributed by atoms with Gasteiger partial charge in [0.1, 0.15) is 18.1 Å². The molecule has 0 aliphatic heterocycles. The predicted octanol–water partition coefficient (Wildman–Crippen LogP) is 0.573. The Hall–Kier alpha value is -3.05. The Bertz CT molecular complexity index is 1020. The molecular formula is C23H33N5O5S. The Morgan fingerprint density at radius 2 is 1.62 bits per heavy atom. The van der Waals surface area contributed by atoms with Crippen LogP contribution in [0.15, 0.2) is 30.5 Å². The minimum Gasteiger partial charge on any atom is -0.480 e. The molecule has 34 heavy (non-hydrogen) atoms. The third-order valence-electron chi connectivity index (χ3n) is 5.34. The van der Waals surface area contributed by atoms with E-state index in [1.54, 1.807) is 6.20 Å². The molecule has 3 amide bonds. The molecule has 0 spiro atoms. The van der Waals surface area contributed by atoms with Crippen LogP contribution >= 0.6 is 12.6 Å². The number of fused-ring (bicyclic) bond motifs is 1. The van der Waals surface area contributed by atoms with Gasteiger partial charge in [0.2, 0.25) is 17.7 Å². The fourth-order valence-electron chi connectivity index (χ4n) is 3.47. The van der Waals surface area contributed by atoms with Crippen LogP contribution < -0.4 is 21.7 Å². The molecule has 10 nitrogen and oxygen atoms in total. The molecule has 0 fully saturated rings. The van der Waals surface area contributed by atoms with Crippen LogP contribution in [0, 0.1) is 5.92 Å². The number of nitrogens with two attached hydrogens (primary N) is 1. The highest BCUT2D eigenvalue weighted by atomic mass is 32.1. The number of H-pyrrole nitrogens is 1. The van der Waals surface area contributed by atoms with Gasteiger partial charge >= 0.3 is 5.97 Å². The summed E-state index contributed by atoms with van der Waals surface area (Å²) in [6.07, 6.45) is 2.37. The maximum absolute atomic E-state index is 13.2. The number of rotatable bonds is 12. The van der Waals surface area contributed by atoms with Crippen molar-refractivity contribution in [1.82, 2.24) is 20.9 Å². The van der Waals surface area contributed by atoms with E-state index in [4.69, 9.17) is 10.8 Å². The van der Waals surface area contributed by atoms with E-state index in [1.165, 1.54) is 6.92 Å². The number of benzene rings is 1. The molecule has 0 saturated heterocycles. The van der Waals surface area contributed by atoms with E-state index >= 15 is 0 Å². The summed E-state index contributed by atoms with van der Waals surface area (Å²) in [7, 11) is 0. The third-order valence-corrected chi connectivity index (χ3v) is 5.70. The van der Waals surface area contributed by atoms with Crippen molar-refractivity contribution in [2.75, 3.05) is 5.75 Å². The predicted molar refractivity (Wildman–Crippen MR) is 132 cm³/mol. The van der Waals surface area contributed by atoms with Gasteiger partial charge in [-0.1, -0.05) is 32.0 Å². The lowest BCUT2D eigenvalue weighted by Crippen LogP contribution is -2.58. The van der Waals surface area contributed by atoms with Crippen molar-refractivity contribution in [3.8, 4) is 0 Å². The first-order valence-electron chi connectivity index (χ1n) is 11.1. The number of aromatic amines is 1. The lowest BCUT2D eigenvalue weighted by molar-refractivity contribution is -0.141. The molecule has 4 unspecified atom stereocenters. The molecule has 1 aromatic carbocycles. The number of carbonyl (C=O) groups is 4. The SMILES string of the molecule is CC(C)CC(N)C(=O)NC(Cc1c[nH]c2ccccc12)C(=O)NC(CS)C(=O)NC(C)C(=O)O. The second kappa shape index (κ2) is 12.4. The molecule has 0 aliphatic rings. The second-order valence-electron chi connectivity index (χ2n) is 8.67. The average molecular weight is 492 g/mol. The van der Waals surface area contributed by atoms with Crippen molar-refractivity contribution < 1.29 is 24.3 Å². The van der Waals surface area contributed by atoms with Crippen LogP contribution in [0.3, 0.4) is 0 Å². The zero-order valence-corrected chi connectivity index (χ0v) is 20.4. The van der Waals surface area contributed by atoms with Gasteiger partial charge in [0, 0.05) is 29.3 Å². The summed E-state index contributed by atoms with van der Waals surface area (Å²) < 4.78 is 0. The van der Waals surface area contributed by atoms with E-state index in [1.807, 2.05) is 38.1 Å². The van der Waals surface area contributed by atoms with Crippen molar-refractivity contribution in [1.29, 1.82) is 0 Å². The van der Waals surface area contributed by atoms with Gasteiger partial charge in [0.15, 0.2) is 0 Å². The number of aromatic nitrogens is 1. The van der Waals surface area contributed by atoms with E-state index in [0.717, 1.165) is 16.5 Å². The number of carboxylic acids is 1. The summed E-state index contributed by atoms with van der Waals surface area (Å²) in [4.78, 5) is 52.5. The van der Waals surface area contributed by atoms with Gasteiger partial charge in [0.25, 0.3) is 0 Å². The van der Waals surface area contributed by atoms with Crippen LogP contribution in [0.1, 0.15) is 32.8 Å². The maximum atomic E-state index is 13.2. The maximum Gasteiger partial charge on any atom is 0.325 e. The van der Waals surface area contributed by atoms with Gasteiger partial charge in [-0.2, -0.15) is 12.6 Å². The molecule has 4 atom stereocenters. The monoisotopic (exact) mass is 491 g/mol. The molecule has 0 bridgehead atoms. The Balaban J connectivity index is 2.22. The number of thiol groups is 1. The summed E-state index contributed by atoms with van der Waals surface area (Å²) in [6, 6.07) is 3.52. The van der Waals surface area contributed by atoms with Crippen LogP contribution in [0.25, 0.3) is 10.9 Å². The molecule has 1 heterocycles. The highest BCUT2D eigenvalue weighted by Crippen LogP contribution is 2.19. The molecule has 186 valence electrons. The van der Waals surface area contributed by atoms with Gasteiger partial charge in [-0.15, -0.1) is 0 Å². The van der Waals surface area contributed by atoms with Crippen molar-refractivity contribution in [2.24, 2.45) is 11.7 Å². The fourth-order valence-corrected chi connectivity index (χ4v) is 3.72. The lowest BCUT2D eigenvalue weighted by atomic mass is 10.0. The Morgan fingerprint density at radius 1 is 1.00 bits per heavy atom. The van der Waals surface area contributed by atoms with Gasteiger partial charge < -0.3 is 31.8 Å². The Morgan fingerprint density at radius 3 is 2.24 bits per heavy atom. The van der Waals surface area contributed by atoms with Gasteiger partial charge in [-0.3, -0.25) is 19.2 Å². The molecule has 0 saturated carbocycles. The minimum atomic E-state index is -1.21. The Kier molecular flexibility index (Phi) is 9.94. The molecule has 0 aliphatic carbocycles. The Labute approximate surface area is 203 Å². The third kappa shape index (κ3) is 7.49. The molecular weight excluding hydrogens is 458 g/mol. The van der Waals surface area contributed by atoms with Crippen molar-refractivity contribution in [2.45, 2.75) is 57.8 Å². The van der Waals surface area contributed by atoms with E-state index in [0.29, 0.717) is 6.42 Å². The normalized spacial score (nSPS) is 14.8. The van der Waals surface area contributed by atoms with Gasteiger partial charge in [-0.25, -0.2) is 0 Å². The summed E-state index contributed by atoms with van der Waals surface area (Å²) in [6.45, 7) is 5.20. The van der Waals surface area contributed by atoms with Crippen molar-refractivity contribution >= 4 is 47.2 Å². The van der Waals surface area contributed by atoms with Crippen LogP contribution in [0.5, 0.6) is 0 Å². The van der Waals surface area contributed by atoms with Crippen LogP contribution in [0.4, 0.5) is 0 Å². The highest BCUT2D eigenvalue weighted by Gasteiger charge is 2.29.